The first-order valence-corrected chi connectivity index (χ1v) is 5.33. The average molecular weight is 195 g/mol. The zero-order valence-electron chi connectivity index (χ0n) is 8.82. The van der Waals surface area contributed by atoms with Crippen LogP contribution in [0, 0.1) is 0 Å². The van der Waals surface area contributed by atoms with Gasteiger partial charge in [-0.2, -0.15) is 0 Å². The molecule has 0 amide bonds. The van der Waals surface area contributed by atoms with Gasteiger partial charge >= 0.3 is 5.97 Å². The van der Waals surface area contributed by atoms with E-state index in [1.807, 2.05) is 6.92 Å². The van der Waals surface area contributed by atoms with E-state index in [0.717, 1.165) is 18.4 Å². The van der Waals surface area contributed by atoms with Gasteiger partial charge in [0.2, 0.25) is 0 Å². The van der Waals surface area contributed by atoms with Crippen molar-refractivity contribution < 1.29 is 9.53 Å². The minimum atomic E-state index is -0.121. The van der Waals surface area contributed by atoms with Gasteiger partial charge in [-0.3, -0.25) is 4.90 Å². The average Bonchev–Trinajstić information content (AvgIpc) is 2.42. The van der Waals surface area contributed by atoms with Crippen molar-refractivity contribution in [3.63, 3.8) is 0 Å². The number of hydrogen-bond acceptors (Lipinski definition) is 3. The zero-order valence-corrected chi connectivity index (χ0v) is 8.82. The van der Waals surface area contributed by atoms with Gasteiger partial charge < -0.3 is 4.74 Å². The van der Waals surface area contributed by atoms with E-state index in [0.29, 0.717) is 18.7 Å². The summed E-state index contributed by atoms with van der Waals surface area (Å²) in [6, 6.07) is 0.964. The van der Waals surface area contributed by atoms with Gasteiger partial charge in [-0.1, -0.05) is 6.08 Å². The lowest BCUT2D eigenvalue weighted by Crippen LogP contribution is -2.38. The number of ether oxygens (including phenoxy) is 1. The first-order valence-electron chi connectivity index (χ1n) is 5.33. The molecule has 2 atom stereocenters. The number of hydrogen-bond donors (Lipinski definition) is 0. The molecule has 0 radical (unpaired) electrons. The third-order valence-electron chi connectivity index (χ3n) is 3.32. The van der Waals surface area contributed by atoms with Gasteiger partial charge in [0.25, 0.3) is 0 Å². The van der Waals surface area contributed by atoms with Crippen LogP contribution >= 0.6 is 0 Å². The van der Waals surface area contributed by atoms with Crippen molar-refractivity contribution in [2.24, 2.45) is 0 Å². The minimum absolute atomic E-state index is 0.121. The predicted molar refractivity (Wildman–Crippen MR) is 53.9 cm³/mol. The number of carbonyl (C=O) groups excluding carboxylic acids is 1. The Morgan fingerprint density at radius 2 is 2.43 bits per heavy atom. The molecule has 2 aliphatic rings. The molecule has 0 aromatic heterocycles. The maximum atomic E-state index is 11.6. The quantitative estimate of drug-likeness (QED) is 0.623. The van der Waals surface area contributed by atoms with Gasteiger partial charge in [0.15, 0.2) is 0 Å². The molecule has 0 saturated carbocycles. The van der Waals surface area contributed by atoms with Crippen LogP contribution in [0.2, 0.25) is 0 Å². The Balaban J connectivity index is 2.13. The molecular weight excluding hydrogens is 178 g/mol. The van der Waals surface area contributed by atoms with Gasteiger partial charge in [0.1, 0.15) is 0 Å². The molecule has 0 aromatic rings. The van der Waals surface area contributed by atoms with Crippen molar-refractivity contribution >= 4 is 5.97 Å². The molecule has 0 aromatic carbocycles. The Hall–Kier alpha value is -0.830. The topological polar surface area (TPSA) is 29.5 Å². The molecule has 1 saturated heterocycles. The zero-order chi connectivity index (χ0) is 10.1. The highest BCUT2D eigenvalue weighted by Gasteiger charge is 2.38. The summed E-state index contributed by atoms with van der Waals surface area (Å²) in [7, 11) is 2.11. The number of esters is 1. The maximum absolute atomic E-state index is 11.6. The molecular formula is C11H17NO2. The molecule has 3 nitrogen and oxygen atoms in total. The van der Waals surface area contributed by atoms with E-state index in [2.05, 4.69) is 18.0 Å². The Morgan fingerprint density at radius 1 is 1.64 bits per heavy atom. The second-order valence-electron chi connectivity index (χ2n) is 4.03. The summed E-state index contributed by atoms with van der Waals surface area (Å²) >= 11 is 0. The van der Waals surface area contributed by atoms with E-state index in [-0.39, 0.29) is 5.97 Å². The van der Waals surface area contributed by atoms with Crippen molar-refractivity contribution in [3.8, 4) is 0 Å². The summed E-state index contributed by atoms with van der Waals surface area (Å²) in [5, 5.41) is 0. The number of likely N-dealkylation sites (N-methyl/N-ethyl adjacent to an activating group) is 1. The lowest BCUT2D eigenvalue weighted by atomic mass is 10.0. The van der Waals surface area contributed by atoms with Crippen molar-refractivity contribution in [3.05, 3.63) is 11.6 Å². The fourth-order valence-electron chi connectivity index (χ4n) is 2.50. The summed E-state index contributed by atoms with van der Waals surface area (Å²) in [5.74, 6) is -0.121. The van der Waals surface area contributed by atoms with Gasteiger partial charge in [-0.15, -0.1) is 0 Å². The van der Waals surface area contributed by atoms with Gasteiger partial charge in [-0.05, 0) is 33.2 Å². The van der Waals surface area contributed by atoms with Crippen LogP contribution in [0.3, 0.4) is 0 Å². The summed E-state index contributed by atoms with van der Waals surface area (Å²) in [5.41, 5.74) is 0.878. The SMILES string of the molecule is CCOC(=O)C1=CC[C@H]2CCC1N2C. The Labute approximate surface area is 84.7 Å². The molecule has 14 heavy (non-hydrogen) atoms. The highest BCUT2D eigenvalue weighted by atomic mass is 16.5. The van der Waals surface area contributed by atoms with Crippen LogP contribution in [0.15, 0.2) is 11.6 Å². The van der Waals surface area contributed by atoms with E-state index in [4.69, 9.17) is 4.74 Å². The monoisotopic (exact) mass is 195 g/mol. The molecule has 78 valence electrons. The van der Waals surface area contributed by atoms with Gasteiger partial charge in [-0.25, -0.2) is 4.79 Å². The molecule has 0 N–H and O–H groups in total. The lowest BCUT2D eigenvalue weighted by Gasteiger charge is -2.30. The third kappa shape index (κ3) is 1.46. The number of fused-ring (bicyclic) bond motifs is 2. The number of rotatable bonds is 2. The van der Waals surface area contributed by atoms with E-state index in [1.54, 1.807) is 0 Å². The predicted octanol–water partition coefficient (Wildman–Crippen LogP) is 1.34. The second kappa shape index (κ2) is 3.73. The molecule has 2 bridgehead atoms. The molecule has 1 fully saturated rings. The van der Waals surface area contributed by atoms with Crippen molar-refractivity contribution in [2.75, 3.05) is 13.7 Å². The molecule has 2 aliphatic heterocycles. The Kier molecular flexibility index (Phi) is 2.59. The lowest BCUT2D eigenvalue weighted by molar-refractivity contribution is -0.139. The van der Waals surface area contributed by atoms with Gasteiger partial charge in [0.05, 0.1) is 12.2 Å². The van der Waals surface area contributed by atoms with Crippen LogP contribution in [0.25, 0.3) is 0 Å². The summed E-state index contributed by atoms with van der Waals surface area (Å²) in [4.78, 5) is 13.9. The molecule has 2 heterocycles. The standard InChI is InChI=1S/C11H17NO2/c1-3-14-11(13)9-6-4-8-5-7-10(9)12(8)2/h6,8,10H,3-5,7H2,1-2H3/t8-,10?/m0/s1. The van der Waals surface area contributed by atoms with Crippen molar-refractivity contribution in [1.82, 2.24) is 4.90 Å². The summed E-state index contributed by atoms with van der Waals surface area (Å²) in [6.07, 6.45) is 5.38. The van der Waals surface area contributed by atoms with Crippen LogP contribution in [0.5, 0.6) is 0 Å². The highest BCUT2D eigenvalue weighted by Crippen LogP contribution is 2.34. The molecule has 0 aliphatic carbocycles. The van der Waals surface area contributed by atoms with Gasteiger partial charge in [0, 0.05) is 12.1 Å². The molecule has 3 heteroatoms. The van der Waals surface area contributed by atoms with Crippen LogP contribution in [0.4, 0.5) is 0 Å². The van der Waals surface area contributed by atoms with Crippen LogP contribution in [-0.4, -0.2) is 36.6 Å². The summed E-state index contributed by atoms with van der Waals surface area (Å²) < 4.78 is 5.05. The minimum Gasteiger partial charge on any atom is -0.463 e. The first-order chi connectivity index (χ1) is 6.74. The molecule has 0 spiro atoms. The van der Waals surface area contributed by atoms with Crippen LogP contribution < -0.4 is 0 Å². The highest BCUT2D eigenvalue weighted by molar-refractivity contribution is 5.90. The number of nitrogens with zero attached hydrogens (tertiary/aromatic N) is 1. The van der Waals surface area contributed by atoms with Crippen molar-refractivity contribution in [2.45, 2.75) is 38.3 Å². The first kappa shape index (κ1) is 9.71. The van der Waals surface area contributed by atoms with Crippen molar-refractivity contribution in [1.29, 1.82) is 0 Å². The van der Waals surface area contributed by atoms with E-state index < -0.39 is 0 Å². The van der Waals surface area contributed by atoms with Crippen LogP contribution in [-0.2, 0) is 9.53 Å². The molecule has 2 rings (SSSR count). The fraction of sp³-hybridized carbons (Fsp3) is 0.727. The Bertz CT molecular complexity index is 272. The molecule has 1 unspecified atom stereocenters. The largest absolute Gasteiger partial charge is 0.463 e. The summed E-state index contributed by atoms with van der Waals surface area (Å²) in [6.45, 7) is 2.32. The number of carbonyl (C=O) groups is 1. The Morgan fingerprint density at radius 3 is 3.14 bits per heavy atom. The van der Waals surface area contributed by atoms with E-state index >= 15 is 0 Å². The smallest absolute Gasteiger partial charge is 0.335 e. The normalized spacial score (nSPS) is 31.4. The third-order valence-corrected chi connectivity index (χ3v) is 3.32. The second-order valence-corrected chi connectivity index (χ2v) is 4.03. The van der Waals surface area contributed by atoms with Crippen LogP contribution in [0.1, 0.15) is 26.2 Å². The van der Waals surface area contributed by atoms with E-state index in [1.165, 1.54) is 6.42 Å². The fourth-order valence-corrected chi connectivity index (χ4v) is 2.50. The maximum Gasteiger partial charge on any atom is 0.335 e. The van der Waals surface area contributed by atoms with E-state index in [9.17, 15) is 4.79 Å².